The highest BCUT2D eigenvalue weighted by Crippen LogP contribution is 2.25. The molecule has 0 aliphatic carbocycles. The summed E-state index contributed by atoms with van der Waals surface area (Å²) in [6, 6.07) is 18.4. The van der Waals surface area contributed by atoms with E-state index in [1.165, 1.54) is 55.4 Å². The lowest BCUT2D eigenvalue weighted by molar-refractivity contribution is 0.0783. The molecular weight excluding hydrogens is 427 g/mol. The molecule has 3 aromatic carbocycles. The zero-order valence-corrected chi connectivity index (χ0v) is 18.0. The molecule has 0 atom stereocenters. The first-order valence-electron chi connectivity index (χ1n) is 9.03. The van der Waals surface area contributed by atoms with Crippen LogP contribution in [-0.2, 0) is 16.6 Å². The van der Waals surface area contributed by atoms with Crippen LogP contribution in [0.5, 0.6) is 0 Å². The predicted octanol–water partition coefficient (Wildman–Crippen LogP) is 4.58. The van der Waals surface area contributed by atoms with E-state index in [0.29, 0.717) is 16.3 Å². The number of rotatable bonds is 6. The van der Waals surface area contributed by atoms with Gasteiger partial charge in [-0.05, 0) is 42.5 Å². The van der Waals surface area contributed by atoms with Gasteiger partial charge in [-0.25, -0.2) is 12.8 Å². The lowest BCUT2D eigenvalue weighted by Crippen LogP contribution is -2.28. The normalized spacial score (nSPS) is 11.2. The number of hydrogen-bond acceptors (Lipinski definition) is 3. The van der Waals surface area contributed by atoms with Gasteiger partial charge in [0.2, 0.25) is 0 Å². The molecule has 0 fully saturated rings. The van der Waals surface area contributed by atoms with Crippen molar-refractivity contribution >= 4 is 33.2 Å². The largest absolute Gasteiger partial charge is 0.337 e. The highest BCUT2D eigenvalue weighted by molar-refractivity contribution is 7.92. The van der Waals surface area contributed by atoms with Gasteiger partial charge in [0.15, 0.2) is 0 Å². The second kappa shape index (κ2) is 8.85. The van der Waals surface area contributed by atoms with Gasteiger partial charge >= 0.3 is 0 Å². The molecule has 0 N–H and O–H groups in total. The molecule has 3 rings (SSSR count). The maximum absolute atomic E-state index is 13.9. The van der Waals surface area contributed by atoms with Crippen LogP contribution in [0.15, 0.2) is 77.7 Å². The van der Waals surface area contributed by atoms with Crippen molar-refractivity contribution < 1.29 is 17.6 Å². The first-order chi connectivity index (χ1) is 14.2. The van der Waals surface area contributed by atoms with Crippen molar-refractivity contribution in [1.29, 1.82) is 0 Å². The number of carbonyl (C=O) groups is 1. The second-order valence-corrected chi connectivity index (χ2v) is 9.14. The van der Waals surface area contributed by atoms with Crippen LogP contribution in [0.4, 0.5) is 10.1 Å². The molecular formula is C22H20ClFN2O3S. The van der Waals surface area contributed by atoms with E-state index in [0.717, 1.165) is 4.31 Å². The summed E-state index contributed by atoms with van der Waals surface area (Å²) in [4.78, 5) is 14.1. The average Bonchev–Trinajstić information content (AvgIpc) is 2.74. The van der Waals surface area contributed by atoms with Crippen LogP contribution < -0.4 is 4.31 Å². The molecule has 0 spiro atoms. The molecule has 156 valence electrons. The van der Waals surface area contributed by atoms with Gasteiger partial charge in [-0.2, -0.15) is 0 Å². The summed E-state index contributed by atoms with van der Waals surface area (Å²) in [5.41, 5.74) is 0.961. The third-order valence-corrected chi connectivity index (χ3v) is 6.64. The Morgan fingerprint density at radius 1 is 0.967 bits per heavy atom. The van der Waals surface area contributed by atoms with Crippen LogP contribution in [0.25, 0.3) is 0 Å². The quantitative estimate of drug-likeness (QED) is 0.557. The Morgan fingerprint density at radius 2 is 1.67 bits per heavy atom. The number of carbonyl (C=O) groups excluding carboxylic acids is 1. The minimum atomic E-state index is -3.91. The fourth-order valence-corrected chi connectivity index (χ4v) is 4.35. The molecule has 1 amide bonds. The van der Waals surface area contributed by atoms with Gasteiger partial charge in [0.1, 0.15) is 5.82 Å². The zero-order chi connectivity index (χ0) is 21.9. The molecule has 8 heteroatoms. The summed E-state index contributed by atoms with van der Waals surface area (Å²) in [5, 5.41) is 0.410. The summed E-state index contributed by atoms with van der Waals surface area (Å²) in [6.07, 6.45) is 0. The summed E-state index contributed by atoms with van der Waals surface area (Å²) in [5.74, 6) is -0.822. The van der Waals surface area contributed by atoms with E-state index in [1.807, 2.05) is 0 Å². The van der Waals surface area contributed by atoms with Gasteiger partial charge in [-0.1, -0.05) is 41.9 Å². The van der Waals surface area contributed by atoms with Gasteiger partial charge < -0.3 is 4.90 Å². The van der Waals surface area contributed by atoms with Crippen molar-refractivity contribution in [3.8, 4) is 0 Å². The molecule has 0 saturated heterocycles. The summed E-state index contributed by atoms with van der Waals surface area (Å²) in [7, 11) is -0.960. The lowest BCUT2D eigenvalue weighted by Gasteiger charge is -2.21. The van der Waals surface area contributed by atoms with E-state index in [4.69, 9.17) is 11.6 Å². The van der Waals surface area contributed by atoms with Gasteiger partial charge in [-0.3, -0.25) is 9.10 Å². The summed E-state index contributed by atoms with van der Waals surface area (Å²) in [6.45, 7) is 0.0604. The first kappa shape index (κ1) is 21.8. The number of anilines is 1. The SMILES string of the molecule is CN(Cc1ccccc1F)C(=O)c1cccc(S(=O)(=O)N(C)c2cccc(Cl)c2)c1. The highest BCUT2D eigenvalue weighted by atomic mass is 35.5. The van der Waals surface area contributed by atoms with E-state index < -0.39 is 21.7 Å². The lowest BCUT2D eigenvalue weighted by atomic mass is 10.1. The number of hydrogen-bond donors (Lipinski definition) is 0. The van der Waals surface area contributed by atoms with Crippen LogP contribution in [0.3, 0.4) is 0 Å². The van der Waals surface area contributed by atoms with Gasteiger partial charge in [0.25, 0.3) is 15.9 Å². The molecule has 0 bridgehead atoms. The molecule has 0 aromatic heterocycles. The van der Waals surface area contributed by atoms with E-state index in [-0.39, 0.29) is 17.0 Å². The molecule has 0 heterocycles. The number of sulfonamides is 1. The topological polar surface area (TPSA) is 57.7 Å². The van der Waals surface area contributed by atoms with Crippen molar-refractivity contribution in [2.45, 2.75) is 11.4 Å². The molecule has 0 radical (unpaired) electrons. The van der Waals surface area contributed by atoms with Crippen molar-refractivity contribution in [2.75, 3.05) is 18.4 Å². The molecule has 5 nitrogen and oxygen atoms in total. The number of amides is 1. The average molecular weight is 447 g/mol. The molecule has 3 aromatic rings. The van der Waals surface area contributed by atoms with Crippen LogP contribution >= 0.6 is 11.6 Å². The van der Waals surface area contributed by atoms with Gasteiger partial charge in [0, 0.05) is 36.8 Å². The van der Waals surface area contributed by atoms with Crippen LogP contribution in [0, 0.1) is 5.82 Å². The number of benzene rings is 3. The molecule has 0 saturated carbocycles. The standard InChI is InChI=1S/C22H20ClFN2O3S/c1-25(15-17-7-3-4-12-21(17)24)22(27)16-8-5-11-20(13-16)30(28,29)26(2)19-10-6-9-18(23)14-19/h3-14H,15H2,1-2H3. The maximum Gasteiger partial charge on any atom is 0.264 e. The first-order valence-corrected chi connectivity index (χ1v) is 10.9. The van der Waals surface area contributed by atoms with Crippen LogP contribution in [0.2, 0.25) is 5.02 Å². The van der Waals surface area contributed by atoms with Gasteiger partial charge in [-0.15, -0.1) is 0 Å². The Balaban J connectivity index is 1.86. The van der Waals surface area contributed by atoms with E-state index in [9.17, 15) is 17.6 Å². The fraction of sp³-hybridized carbons (Fsp3) is 0.136. The zero-order valence-electron chi connectivity index (χ0n) is 16.4. The third kappa shape index (κ3) is 4.63. The number of nitrogens with zero attached hydrogens (tertiary/aromatic N) is 2. The minimum absolute atomic E-state index is 0.0323. The monoisotopic (exact) mass is 446 g/mol. The van der Waals surface area contributed by atoms with Crippen molar-refractivity contribution in [3.63, 3.8) is 0 Å². The van der Waals surface area contributed by atoms with Crippen molar-refractivity contribution in [2.24, 2.45) is 0 Å². The van der Waals surface area contributed by atoms with Crippen molar-refractivity contribution in [3.05, 3.63) is 94.8 Å². The smallest absolute Gasteiger partial charge is 0.264 e. The molecule has 30 heavy (non-hydrogen) atoms. The predicted molar refractivity (Wildman–Crippen MR) is 116 cm³/mol. The molecule has 0 aliphatic heterocycles. The Bertz CT molecular complexity index is 1180. The van der Waals surface area contributed by atoms with Gasteiger partial charge in [0.05, 0.1) is 10.6 Å². The number of halogens is 2. The van der Waals surface area contributed by atoms with E-state index in [2.05, 4.69) is 0 Å². The Hall–Kier alpha value is -2.90. The Kier molecular flexibility index (Phi) is 6.43. The maximum atomic E-state index is 13.9. The van der Waals surface area contributed by atoms with Crippen LogP contribution in [-0.4, -0.2) is 33.3 Å². The highest BCUT2D eigenvalue weighted by Gasteiger charge is 2.23. The summed E-state index contributed by atoms with van der Waals surface area (Å²) < 4.78 is 41.1. The fourth-order valence-electron chi connectivity index (χ4n) is 2.93. The minimum Gasteiger partial charge on any atom is -0.337 e. The molecule has 0 unspecified atom stereocenters. The second-order valence-electron chi connectivity index (χ2n) is 6.73. The van der Waals surface area contributed by atoms with E-state index in [1.54, 1.807) is 36.4 Å². The third-order valence-electron chi connectivity index (χ3n) is 4.62. The van der Waals surface area contributed by atoms with E-state index >= 15 is 0 Å². The molecule has 0 aliphatic rings. The van der Waals surface area contributed by atoms with Crippen molar-refractivity contribution in [1.82, 2.24) is 4.90 Å². The van der Waals surface area contributed by atoms with Crippen LogP contribution in [0.1, 0.15) is 15.9 Å². The Labute approximate surface area is 180 Å². The summed E-state index contributed by atoms with van der Waals surface area (Å²) >= 11 is 5.97. The Morgan fingerprint density at radius 3 is 2.37 bits per heavy atom.